The van der Waals surface area contributed by atoms with Gasteiger partial charge in [0.2, 0.25) is 5.88 Å². The fraction of sp³-hybridized carbons (Fsp3) is 0.240. The third kappa shape index (κ3) is 4.97. The summed E-state index contributed by atoms with van der Waals surface area (Å²) in [4.78, 5) is 15.8. The zero-order valence-corrected chi connectivity index (χ0v) is 20.0. The Morgan fingerprint density at radius 1 is 1.12 bits per heavy atom. The maximum absolute atomic E-state index is 11.1. The Balaban J connectivity index is 1.78. The second-order valence-electron chi connectivity index (χ2n) is 7.68. The number of rotatable bonds is 8. The fourth-order valence-corrected chi connectivity index (χ4v) is 3.91. The quantitative estimate of drug-likeness (QED) is 0.262. The van der Waals surface area contributed by atoms with E-state index in [2.05, 4.69) is 6.92 Å². The first-order valence-electron chi connectivity index (χ1n) is 10.6. The number of hydrogen-bond donors (Lipinski definition) is 0. The second-order valence-corrected chi connectivity index (χ2v) is 8.52. The number of nitrogens with zero attached hydrogens (tertiary/aromatic N) is 3. The first-order chi connectivity index (χ1) is 15.9. The zero-order chi connectivity index (χ0) is 23.5. The van der Waals surface area contributed by atoms with Crippen molar-refractivity contribution in [2.24, 2.45) is 7.05 Å². The smallest absolute Gasteiger partial charge is 0.219 e. The normalized spacial score (nSPS) is 12.0. The van der Waals surface area contributed by atoms with Crippen LogP contribution in [0, 0.1) is 0 Å². The van der Waals surface area contributed by atoms with E-state index in [1.54, 1.807) is 41.9 Å². The van der Waals surface area contributed by atoms with E-state index in [-0.39, 0.29) is 0 Å². The minimum atomic E-state index is -0.610. The van der Waals surface area contributed by atoms with Gasteiger partial charge in [0.05, 0.1) is 16.2 Å². The molecule has 170 valence electrons. The van der Waals surface area contributed by atoms with Gasteiger partial charge in [-0.05, 0) is 55.8 Å². The number of carbonyl (C=O) groups is 1. The van der Waals surface area contributed by atoms with Gasteiger partial charge in [-0.3, -0.25) is 9.48 Å². The van der Waals surface area contributed by atoms with Gasteiger partial charge in [0.15, 0.2) is 12.4 Å². The van der Waals surface area contributed by atoms with E-state index >= 15 is 0 Å². The third-order valence-corrected chi connectivity index (χ3v) is 5.68. The van der Waals surface area contributed by atoms with E-state index < -0.39 is 6.10 Å². The van der Waals surface area contributed by atoms with Gasteiger partial charge in [-0.1, -0.05) is 36.5 Å². The fourth-order valence-electron chi connectivity index (χ4n) is 3.58. The van der Waals surface area contributed by atoms with Gasteiger partial charge in [-0.25, -0.2) is 4.98 Å². The van der Waals surface area contributed by atoms with Gasteiger partial charge in [0.25, 0.3) is 0 Å². The highest BCUT2D eigenvalue weighted by Gasteiger charge is 2.19. The summed E-state index contributed by atoms with van der Waals surface area (Å²) in [7, 11) is 1.86. The zero-order valence-electron chi connectivity index (χ0n) is 18.5. The topological polar surface area (TPSA) is 66.2 Å². The molecular weight excluding hydrogens is 461 g/mol. The Morgan fingerprint density at radius 3 is 2.58 bits per heavy atom. The van der Waals surface area contributed by atoms with Crippen molar-refractivity contribution in [2.45, 2.75) is 32.8 Å². The Morgan fingerprint density at radius 2 is 1.88 bits per heavy atom. The highest BCUT2D eigenvalue weighted by Crippen LogP contribution is 2.37. The first kappa shape index (κ1) is 23.1. The molecule has 4 rings (SSSR count). The number of pyridine rings is 1. The van der Waals surface area contributed by atoms with Crippen LogP contribution in [0.4, 0.5) is 0 Å². The van der Waals surface area contributed by atoms with Crippen molar-refractivity contribution in [3.8, 4) is 28.6 Å². The average molecular weight is 484 g/mol. The van der Waals surface area contributed by atoms with Crippen molar-refractivity contribution < 1.29 is 14.3 Å². The molecular formula is C25H23Cl2N3O3. The molecule has 33 heavy (non-hydrogen) atoms. The molecule has 4 aromatic rings. The van der Waals surface area contributed by atoms with Crippen LogP contribution in [-0.2, 0) is 18.3 Å². The molecule has 8 heteroatoms. The molecule has 0 N–H and O–H groups in total. The van der Waals surface area contributed by atoms with Crippen LogP contribution in [0.25, 0.3) is 22.2 Å². The summed E-state index contributed by atoms with van der Waals surface area (Å²) in [6.45, 7) is 3.77. The summed E-state index contributed by atoms with van der Waals surface area (Å²) in [6.07, 6.45) is 1.78. The molecule has 0 bridgehead atoms. The van der Waals surface area contributed by atoms with E-state index in [1.807, 2.05) is 25.2 Å². The molecule has 6 nitrogen and oxygen atoms in total. The molecule has 0 spiro atoms. The Bertz CT molecular complexity index is 1300. The van der Waals surface area contributed by atoms with E-state index in [9.17, 15) is 4.79 Å². The first-order valence-corrected chi connectivity index (χ1v) is 11.4. The predicted octanol–water partition coefficient (Wildman–Crippen LogP) is 6.65. The van der Waals surface area contributed by atoms with Crippen LogP contribution in [0.1, 0.15) is 26.0 Å². The molecule has 2 aromatic carbocycles. The molecule has 0 aliphatic rings. The third-order valence-electron chi connectivity index (χ3n) is 5.14. The largest absolute Gasteiger partial charge is 0.482 e. The van der Waals surface area contributed by atoms with Gasteiger partial charge in [-0.2, -0.15) is 5.10 Å². The number of benzene rings is 2. The van der Waals surface area contributed by atoms with Crippen molar-refractivity contribution >= 4 is 40.4 Å². The number of halogens is 2. The van der Waals surface area contributed by atoms with E-state index in [0.29, 0.717) is 27.4 Å². The van der Waals surface area contributed by atoms with Gasteiger partial charge in [0, 0.05) is 29.1 Å². The molecule has 0 saturated heterocycles. The van der Waals surface area contributed by atoms with Crippen LogP contribution in [0.3, 0.4) is 0 Å². The lowest BCUT2D eigenvalue weighted by molar-refractivity contribution is -0.113. The lowest BCUT2D eigenvalue weighted by atomic mass is 10.0. The molecule has 2 aromatic heterocycles. The number of fused-ring (bicyclic) bond motifs is 1. The monoisotopic (exact) mass is 483 g/mol. The summed E-state index contributed by atoms with van der Waals surface area (Å²) in [5, 5.41) is 6.67. The maximum Gasteiger partial charge on any atom is 0.219 e. The van der Waals surface area contributed by atoms with E-state index in [0.717, 1.165) is 47.0 Å². The van der Waals surface area contributed by atoms with E-state index in [4.69, 9.17) is 42.8 Å². The number of aromatic nitrogens is 3. The van der Waals surface area contributed by atoms with Crippen molar-refractivity contribution in [1.82, 2.24) is 14.8 Å². The predicted molar refractivity (Wildman–Crippen MR) is 131 cm³/mol. The molecule has 0 radical (unpaired) electrons. The van der Waals surface area contributed by atoms with Gasteiger partial charge < -0.3 is 9.47 Å². The van der Waals surface area contributed by atoms with Crippen LogP contribution in [-0.4, -0.2) is 27.2 Å². The van der Waals surface area contributed by atoms with Crippen LogP contribution < -0.4 is 9.47 Å². The van der Waals surface area contributed by atoms with Crippen molar-refractivity contribution in [1.29, 1.82) is 0 Å². The van der Waals surface area contributed by atoms with Crippen LogP contribution in [0.15, 0.2) is 48.5 Å². The summed E-state index contributed by atoms with van der Waals surface area (Å²) in [6, 6.07) is 14.6. The molecule has 0 unspecified atom stereocenters. The number of aryl methyl sites for hydroxylation is 2. The summed E-state index contributed by atoms with van der Waals surface area (Å²) in [5.74, 6) is 1.59. The minimum absolute atomic E-state index is 0.421. The minimum Gasteiger partial charge on any atom is -0.482 e. The van der Waals surface area contributed by atoms with Crippen LogP contribution >= 0.6 is 23.2 Å². The lowest BCUT2D eigenvalue weighted by Crippen LogP contribution is -2.12. The molecule has 2 heterocycles. The maximum atomic E-state index is 11.1. The average Bonchev–Trinajstić information content (AvgIpc) is 3.11. The Kier molecular flexibility index (Phi) is 6.86. The van der Waals surface area contributed by atoms with Crippen LogP contribution in [0.5, 0.6) is 17.4 Å². The van der Waals surface area contributed by atoms with Crippen LogP contribution in [0.2, 0.25) is 10.0 Å². The summed E-state index contributed by atoms with van der Waals surface area (Å²) in [5.41, 5.74) is 3.40. The summed E-state index contributed by atoms with van der Waals surface area (Å²) >= 11 is 12.4. The summed E-state index contributed by atoms with van der Waals surface area (Å²) < 4.78 is 13.4. The van der Waals surface area contributed by atoms with E-state index in [1.165, 1.54) is 0 Å². The molecule has 0 aliphatic carbocycles. The van der Waals surface area contributed by atoms with Gasteiger partial charge in [0.1, 0.15) is 17.2 Å². The molecule has 0 saturated carbocycles. The number of carbonyl (C=O) groups excluding carboxylic acids is 1. The van der Waals surface area contributed by atoms with Crippen molar-refractivity contribution in [2.75, 3.05) is 0 Å². The van der Waals surface area contributed by atoms with Crippen molar-refractivity contribution in [3.05, 3.63) is 64.3 Å². The highest BCUT2D eigenvalue weighted by molar-refractivity contribution is 6.33. The van der Waals surface area contributed by atoms with Crippen molar-refractivity contribution in [3.63, 3.8) is 0 Å². The molecule has 1 atom stereocenters. The lowest BCUT2D eigenvalue weighted by Gasteiger charge is -2.12. The number of hydrogen-bond acceptors (Lipinski definition) is 5. The molecule has 0 amide bonds. The Hall–Kier alpha value is -3.09. The van der Waals surface area contributed by atoms with Gasteiger partial charge >= 0.3 is 0 Å². The highest BCUT2D eigenvalue weighted by atomic mass is 35.5. The SMILES string of the molecule is CCCc1nc(Oc2ccc(Cl)cc2)ccc1-c1nn(C)c2cc(Cl)c(O[C@@H](C)C=O)cc12. The Labute approximate surface area is 202 Å². The molecule has 0 aliphatic heterocycles. The number of ether oxygens (including phenoxy) is 2. The van der Waals surface area contributed by atoms with Gasteiger partial charge in [-0.15, -0.1) is 0 Å². The standard InChI is InChI=1S/C25H23Cl2N3O3/c1-4-5-21-18(10-11-24(28-21)33-17-8-6-16(26)7-9-17)25-19-12-23(32-15(2)14-31)20(27)13-22(19)30(3)29-25/h6-15H,4-5H2,1-3H3/t15-/m0/s1. The number of aldehydes is 1. The molecule has 0 fully saturated rings. The second kappa shape index (κ2) is 9.81.